The summed E-state index contributed by atoms with van der Waals surface area (Å²) in [4.78, 5) is 0. The molecule has 0 amide bonds. The van der Waals surface area contributed by atoms with Crippen LogP contribution in [-0.2, 0) is 39.6 Å². The van der Waals surface area contributed by atoms with Gasteiger partial charge in [-0.2, -0.15) is 27.7 Å². The molecular weight excluding hydrogens is 367 g/mol. The standard InChI is InChI=1S/C5H8.2C3H7.V.W/c1-5(2,3)4;2*1-3-2;;/h1-4H2;2*3H,1-2H3;;/q-4;2*-1;;. The second kappa shape index (κ2) is 23.3. The van der Waals surface area contributed by atoms with Gasteiger partial charge in [-0.1, -0.05) is 0 Å². The summed E-state index contributed by atoms with van der Waals surface area (Å²) >= 11 is 0. The van der Waals surface area contributed by atoms with Gasteiger partial charge in [-0.05, 0) is 0 Å². The van der Waals surface area contributed by atoms with Gasteiger partial charge >= 0.3 is 0 Å². The Labute approximate surface area is 113 Å². The molecule has 83 valence electrons. The Morgan fingerprint density at radius 3 is 0.769 bits per heavy atom. The molecule has 0 aromatic carbocycles. The average Bonchev–Trinajstić information content (AvgIpc) is 1.62. The van der Waals surface area contributed by atoms with Crippen LogP contribution in [0.25, 0.3) is 0 Å². The van der Waals surface area contributed by atoms with E-state index in [1.807, 2.05) is 40.5 Å². The predicted molar refractivity (Wildman–Crippen MR) is 55.2 cm³/mol. The minimum Gasteiger partial charge on any atom is -0.584 e. The van der Waals surface area contributed by atoms with Crippen molar-refractivity contribution in [3.05, 3.63) is 40.5 Å². The Morgan fingerprint density at radius 2 is 0.769 bits per heavy atom. The summed E-state index contributed by atoms with van der Waals surface area (Å²) < 4.78 is 0. The Balaban J connectivity index is -0.0000000240. The summed E-state index contributed by atoms with van der Waals surface area (Å²) in [5.74, 6) is 0. The fraction of sp³-hybridized carbons (Fsp3) is 0.455. The zero-order valence-electron chi connectivity index (χ0n) is 9.34. The molecule has 0 N–H and O–H groups in total. The summed E-state index contributed by atoms with van der Waals surface area (Å²) in [6.07, 6.45) is 4.00. The van der Waals surface area contributed by atoms with Gasteiger partial charge < -0.3 is 46.0 Å². The topological polar surface area (TPSA) is 0 Å². The molecular formula is C11H22VW-6. The van der Waals surface area contributed by atoms with Crippen molar-refractivity contribution in [1.82, 2.24) is 0 Å². The minimum atomic E-state index is -0.500. The summed E-state index contributed by atoms with van der Waals surface area (Å²) in [6.45, 7) is 21.8. The quantitative estimate of drug-likeness (QED) is 0.554. The third-order valence-electron chi connectivity index (χ3n) is 0. The molecule has 0 atom stereocenters. The Hall–Kier alpha value is 1.27. The van der Waals surface area contributed by atoms with E-state index in [9.17, 15) is 0 Å². The first-order valence-corrected chi connectivity index (χ1v) is 3.72. The maximum absolute atomic E-state index is 3.44. The van der Waals surface area contributed by atoms with Crippen molar-refractivity contribution in [3.8, 4) is 0 Å². The van der Waals surface area contributed by atoms with Crippen LogP contribution >= 0.6 is 0 Å². The first kappa shape index (κ1) is 29.2. The van der Waals surface area contributed by atoms with E-state index >= 15 is 0 Å². The van der Waals surface area contributed by atoms with Crippen molar-refractivity contribution >= 4 is 0 Å². The van der Waals surface area contributed by atoms with E-state index in [0.29, 0.717) is 0 Å². The van der Waals surface area contributed by atoms with Gasteiger partial charge in [-0.3, -0.25) is 0 Å². The number of hydrogen-bond donors (Lipinski definition) is 0. The van der Waals surface area contributed by atoms with Crippen molar-refractivity contribution in [2.75, 3.05) is 0 Å². The van der Waals surface area contributed by atoms with Gasteiger partial charge in [0.25, 0.3) is 0 Å². The molecule has 0 aliphatic rings. The summed E-state index contributed by atoms with van der Waals surface area (Å²) in [7, 11) is 0. The van der Waals surface area contributed by atoms with Crippen molar-refractivity contribution < 1.29 is 39.6 Å². The molecule has 0 unspecified atom stereocenters. The van der Waals surface area contributed by atoms with E-state index in [-0.39, 0.29) is 39.6 Å². The smallest absolute Gasteiger partial charge is 0 e. The largest absolute Gasteiger partial charge is 0.584 e. The fourth-order valence-electron chi connectivity index (χ4n) is 0. The molecule has 0 saturated carbocycles. The third-order valence-corrected chi connectivity index (χ3v) is 0. The zero-order valence-corrected chi connectivity index (χ0v) is 13.7. The molecule has 0 rings (SSSR count). The van der Waals surface area contributed by atoms with Crippen molar-refractivity contribution in [1.29, 1.82) is 0 Å². The molecule has 0 fully saturated rings. The molecule has 13 heavy (non-hydrogen) atoms. The van der Waals surface area contributed by atoms with Crippen LogP contribution in [0.15, 0.2) is 0 Å². The first-order valence-electron chi connectivity index (χ1n) is 3.72. The van der Waals surface area contributed by atoms with Crippen molar-refractivity contribution in [3.63, 3.8) is 0 Å². The van der Waals surface area contributed by atoms with E-state index in [4.69, 9.17) is 0 Å². The van der Waals surface area contributed by atoms with Crippen LogP contribution in [0.5, 0.6) is 0 Å². The van der Waals surface area contributed by atoms with E-state index in [1.54, 1.807) is 0 Å². The molecule has 0 aromatic rings. The molecule has 0 bridgehead atoms. The maximum atomic E-state index is 3.44. The summed E-state index contributed by atoms with van der Waals surface area (Å²) in [5, 5.41) is 0. The van der Waals surface area contributed by atoms with E-state index in [1.165, 1.54) is 0 Å². The number of hydrogen-bond acceptors (Lipinski definition) is 0. The van der Waals surface area contributed by atoms with Gasteiger partial charge in [0.2, 0.25) is 0 Å². The Bertz CT molecular complexity index is 40.5. The molecule has 0 spiro atoms. The van der Waals surface area contributed by atoms with Crippen LogP contribution in [0.1, 0.15) is 27.7 Å². The molecule has 2 heteroatoms. The van der Waals surface area contributed by atoms with Crippen molar-refractivity contribution in [2.45, 2.75) is 27.7 Å². The van der Waals surface area contributed by atoms with Gasteiger partial charge in [0, 0.05) is 39.6 Å². The van der Waals surface area contributed by atoms with Crippen LogP contribution in [0.3, 0.4) is 0 Å². The summed E-state index contributed by atoms with van der Waals surface area (Å²) in [6, 6.07) is 0. The molecule has 0 aliphatic carbocycles. The van der Waals surface area contributed by atoms with Gasteiger partial charge in [0.15, 0.2) is 0 Å². The van der Waals surface area contributed by atoms with Crippen LogP contribution in [0.2, 0.25) is 0 Å². The second-order valence-electron chi connectivity index (χ2n) is 2.65. The molecule has 0 heterocycles. The summed E-state index contributed by atoms with van der Waals surface area (Å²) in [5.41, 5.74) is -0.500. The van der Waals surface area contributed by atoms with E-state index in [0.717, 1.165) is 0 Å². The van der Waals surface area contributed by atoms with Gasteiger partial charge in [-0.15, -0.1) is 0 Å². The molecule has 0 aromatic heterocycles. The van der Waals surface area contributed by atoms with Gasteiger partial charge in [0.05, 0.1) is 0 Å². The molecule has 1 radical (unpaired) electrons. The third kappa shape index (κ3) is 1040. The molecule has 0 aliphatic heterocycles. The van der Waals surface area contributed by atoms with Crippen LogP contribution in [-0.4, -0.2) is 0 Å². The zero-order chi connectivity index (χ0) is 9.91. The Morgan fingerprint density at radius 1 is 0.769 bits per heavy atom. The maximum Gasteiger partial charge on any atom is 0 e. The predicted octanol–water partition coefficient (Wildman–Crippen LogP) is 3.77. The van der Waals surface area contributed by atoms with Crippen LogP contribution in [0, 0.1) is 46.0 Å². The van der Waals surface area contributed by atoms with Crippen molar-refractivity contribution in [2.24, 2.45) is 5.41 Å². The minimum absolute atomic E-state index is 0. The van der Waals surface area contributed by atoms with E-state index in [2.05, 4.69) is 27.7 Å². The normalized spacial score (nSPS) is 7.38. The SMILES string of the molecule is C[CH-]C.C[CH-]C.[CH2-]C([CH2-])([CH2-])[CH2-].[V].[W]. The molecule has 0 saturated heterocycles. The van der Waals surface area contributed by atoms with Crippen LogP contribution < -0.4 is 0 Å². The molecule has 0 nitrogen and oxygen atoms in total. The first-order chi connectivity index (χ1) is 4.83. The fourth-order valence-corrected chi connectivity index (χ4v) is 0. The van der Waals surface area contributed by atoms with Crippen LogP contribution in [0.4, 0.5) is 0 Å². The van der Waals surface area contributed by atoms with E-state index < -0.39 is 5.41 Å². The van der Waals surface area contributed by atoms with Gasteiger partial charge in [-0.25, -0.2) is 0 Å². The van der Waals surface area contributed by atoms with Gasteiger partial charge in [0.1, 0.15) is 0 Å². The Kier molecular flexibility index (Phi) is 52.3. The second-order valence-corrected chi connectivity index (χ2v) is 2.65. The number of rotatable bonds is 0. The monoisotopic (exact) mass is 389 g/mol. The average molecular weight is 389 g/mol.